The van der Waals surface area contributed by atoms with Crippen LogP contribution in [0.3, 0.4) is 0 Å². The fourth-order valence-electron chi connectivity index (χ4n) is 3.82. The summed E-state index contributed by atoms with van der Waals surface area (Å²) in [5.74, 6) is -0.966. The fourth-order valence-corrected chi connectivity index (χ4v) is 4.18. The van der Waals surface area contributed by atoms with Crippen molar-refractivity contribution in [2.75, 3.05) is 18.0 Å². The van der Waals surface area contributed by atoms with Crippen molar-refractivity contribution >= 4 is 23.0 Å². The average Bonchev–Trinajstić information content (AvgIpc) is 2.90. The van der Waals surface area contributed by atoms with E-state index in [0.717, 1.165) is 11.3 Å². The molecule has 0 atom stereocenters. The van der Waals surface area contributed by atoms with E-state index in [1.54, 1.807) is 6.07 Å². The lowest BCUT2D eigenvalue weighted by molar-refractivity contribution is -0.384. The lowest BCUT2D eigenvalue weighted by Gasteiger charge is -2.33. The van der Waals surface area contributed by atoms with E-state index in [1.807, 2.05) is 0 Å². The van der Waals surface area contributed by atoms with Crippen LogP contribution < -0.4 is 4.90 Å². The Morgan fingerprint density at radius 3 is 2.50 bits per heavy atom. The molecule has 1 aromatic rings. The van der Waals surface area contributed by atoms with Crippen LogP contribution in [0.2, 0.25) is 5.02 Å². The molecule has 1 saturated carbocycles. The van der Waals surface area contributed by atoms with E-state index in [2.05, 4.69) is 4.90 Å². The summed E-state index contributed by atoms with van der Waals surface area (Å²) in [7, 11) is 0. The Hall–Kier alpha value is -1.50. The van der Waals surface area contributed by atoms with E-state index in [4.69, 9.17) is 11.6 Å². The van der Waals surface area contributed by atoms with Crippen molar-refractivity contribution in [1.29, 1.82) is 0 Å². The van der Waals surface area contributed by atoms with Crippen molar-refractivity contribution < 1.29 is 18.1 Å². The number of nitrogens with zero attached hydrogens (tertiary/aromatic N) is 2. The maximum absolute atomic E-state index is 12.7. The summed E-state index contributed by atoms with van der Waals surface area (Å²) in [5, 5.41) is 11.3. The molecule has 0 unspecified atom stereocenters. The third-order valence-electron chi connectivity index (χ3n) is 5.09. The normalized spacial score (nSPS) is 24.1. The van der Waals surface area contributed by atoms with Crippen molar-refractivity contribution in [2.45, 2.75) is 38.3 Å². The minimum Gasteiger partial charge on any atom is -0.369 e. The molecule has 132 valence electrons. The molecule has 0 radical (unpaired) electrons. The smallest absolute Gasteiger partial charge is 0.369 e. The molecule has 0 spiro atoms. The van der Waals surface area contributed by atoms with E-state index in [1.165, 1.54) is 6.07 Å². The number of nitro benzene ring substituents is 1. The number of halogens is 4. The van der Waals surface area contributed by atoms with E-state index in [9.17, 15) is 23.3 Å². The number of anilines is 1. The van der Waals surface area contributed by atoms with Crippen LogP contribution in [0.25, 0.3) is 0 Å². The van der Waals surface area contributed by atoms with Gasteiger partial charge in [0.2, 0.25) is 0 Å². The van der Waals surface area contributed by atoms with Gasteiger partial charge >= 0.3 is 6.18 Å². The van der Waals surface area contributed by atoms with Gasteiger partial charge in [-0.3, -0.25) is 10.1 Å². The molecular weight excluding hydrogens is 345 g/mol. The summed E-state index contributed by atoms with van der Waals surface area (Å²) >= 11 is 6.22. The summed E-state index contributed by atoms with van der Waals surface area (Å²) in [6.07, 6.45) is -1.94. The number of alkyl halides is 3. The van der Waals surface area contributed by atoms with Gasteiger partial charge in [-0.1, -0.05) is 11.6 Å². The molecule has 1 fully saturated rings. The standard InChI is InChI=1S/C16H18ClF3N2O2/c17-14-8-13(22(23)24)7-11-5-6-21(15(11)14)9-10-1-3-12(4-2-10)16(18,19)20/h7-8,10,12H,1-6,9H2/t10-,12-. The highest BCUT2D eigenvalue weighted by Gasteiger charge is 2.41. The number of fused-ring (bicyclic) bond motifs is 1. The zero-order valence-electron chi connectivity index (χ0n) is 13.0. The van der Waals surface area contributed by atoms with Crippen molar-refractivity contribution in [1.82, 2.24) is 0 Å². The Bertz CT molecular complexity index is 643. The number of non-ortho nitro benzene ring substituents is 1. The molecule has 24 heavy (non-hydrogen) atoms. The van der Waals surface area contributed by atoms with Gasteiger partial charge in [0.15, 0.2) is 0 Å². The lowest BCUT2D eigenvalue weighted by Crippen LogP contribution is -2.33. The van der Waals surface area contributed by atoms with Crippen LogP contribution in [-0.2, 0) is 6.42 Å². The maximum atomic E-state index is 12.7. The van der Waals surface area contributed by atoms with Crippen LogP contribution in [0.5, 0.6) is 0 Å². The maximum Gasteiger partial charge on any atom is 0.391 e. The molecule has 1 aliphatic heterocycles. The topological polar surface area (TPSA) is 46.4 Å². The zero-order chi connectivity index (χ0) is 17.5. The molecule has 0 bridgehead atoms. The summed E-state index contributed by atoms with van der Waals surface area (Å²) in [4.78, 5) is 12.5. The number of hydrogen-bond donors (Lipinski definition) is 0. The van der Waals surface area contributed by atoms with Gasteiger partial charge in [0.1, 0.15) is 0 Å². The SMILES string of the molecule is O=[N+]([O-])c1cc(Cl)c2c(c1)CCN2C[C@H]1CC[C@H](C(F)(F)F)CC1. The third-order valence-corrected chi connectivity index (χ3v) is 5.38. The van der Waals surface area contributed by atoms with E-state index >= 15 is 0 Å². The van der Waals surface area contributed by atoms with Crippen molar-refractivity contribution in [3.05, 3.63) is 32.8 Å². The predicted molar refractivity (Wildman–Crippen MR) is 85.5 cm³/mol. The van der Waals surface area contributed by atoms with Gasteiger partial charge in [-0.2, -0.15) is 13.2 Å². The van der Waals surface area contributed by atoms with E-state index < -0.39 is 17.0 Å². The number of benzene rings is 1. The second-order valence-corrected chi connectivity index (χ2v) is 7.05. The van der Waals surface area contributed by atoms with Gasteiger partial charge in [-0.05, 0) is 43.6 Å². The quantitative estimate of drug-likeness (QED) is 0.562. The van der Waals surface area contributed by atoms with Crippen LogP contribution in [-0.4, -0.2) is 24.2 Å². The molecule has 8 heteroatoms. The van der Waals surface area contributed by atoms with E-state index in [0.29, 0.717) is 37.4 Å². The summed E-state index contributed by atoms with van der Waals surface area (Å²) in [6.45, 7) is 1.37. The molecule has 0 aromatic heterocycles. The molecule has 0 saturated heterocycles. The van der Waals surface area contributed by atoms with Gasteiger partial charge in [0.05, 0.1) is 21.6 Å². The average molecular weight is 363 g/mol. The highest BCUT2D eigenvalue weighted by atomic mass is 35.5. The largest absolute Gasteiger partial charge is 0.391 e. The van der Waals surface area contributed by atoms with Gasteiger partial charge < -0.3 is 4.90 Å². The van der Waals surface area contributed by atoms with Crippen LogP contribution in [0.4, 0.5) is 24.5 Å². The highest BCUT2D eigenvalue weighted by Crippen LogP contribution is 2.42. The monoisotopic (exact) mass is 362 g/mol. The van der Waals surface area contributed by atoms with Crippen LogP contribution in [0.15, 0.2) is 12.1 Å². The van der Waals surface area contributed by atoms with Gasteiger partial charge in [0.25, 0.3) is 5.69 Å². The Labute approximate surface area is 142 Å². The fraction of sp³-hybridized carbons (Fsp3) is 0.625. The number of rotatable bonds is 3. The Kier molecular flexibility index (Phi) is 4.64. The zero-order valence-corrected chi connectivity index (χ0v) is 13.7. The molecule has 3 rings (SSSR count). The molecule has 1 aliphatic carbocycles. The minimum absolute atomic E-state index is 0.0220. The Morgan fingerprint density at radius 2 is 1.92 bits per heavy atom. The summed E-state index contributed by atoms with van der Waals surface area (Å²) in [5.41, 5.74) is 1.63. The molecule has 0 amide bonds. The van der Waals surface area contributed by atoms with Crippen molar-refractivity contribution in [3.8, 4) is 0 Å². The second kappa shape index (κ2) is 6.43. The first-order valence-electron chi connectivity index (χ1n) is 8.04. The summed E-state index contributed by atoms with van der Waals surface area (Å²) < 4.78 is 38.2. The minimum atomic E-state index is -4.09. The summed E-state index contributed by atoms with van der Waals surface area (Å²) in [6, 6.07) is 2.89. The lowest BCUT2D eigenvalue weighted by atomic mass is 9.81. The predicted octanol–water partition coefficient (Wildman–Crippen LogP) is 4.98. The van der Waals surface area contributed by atoms with Crippen LogP contribution >= 0.6 is 11.6 Å². The highest BCUT2D eigenvalue weighted by molar-refractivity contribution is 6.33. The molecular formula is C16H18ClF3N2O2. The number of nitro groups is 1. The molecule has 4 nitrogen and oxygen atoms in total. The van der Waals surface area contributed by atoms with Gasteiger partial charge in [-0.25, -0.2) is 0 Å². The molecule has 1 aromatic carbocycles. The molecule has 1 heterocycles. The van der Waals surface area contributed by atoms with Gasteiger partial charge in [-0.15, -0.1) is 0 Å². The van der Waals surface area contributed by atoms with Crippen LogP contribution in [0.1, 0.15) is 31.2 Å². The van der Waals surface area contributed by atoms with Crippen molar-refractivity contribution in [2.24, 2.45) is 11.8 Å². The van der Waals surface area contributed by atoms with E-state index in [-0.39, 0.29) is 24.4 Å². The van der Waals surface area contributed by atoms with Crippen molar-refractivity contribution in [3.63, 3.8) is 0 Å². The first-order chi connectivity index (χ1) is 11.3. The molecule has 2 aliphatic rings. The molecule has 0 N–H and O–H groups in total. The first kappa shape index (κ1) is 17.3. The van der Waals surface area contributed by atoms with Crippen LogP contribution in [0, 0.1) is 22.0 Å². The Balaban J connectivity index is 1.67. The Morgan fingerprint density at radius 1 is 1.25 bits per heavy atom. The third kappa shape index (κ3) is 3.45. The first-order valence-corrected chi connectivity index (χ1v) is 8.42. The van der Waals surface area contributed by atoms with Gasteiger partial charge in [0, 0.05) is 25.2 Å². The number of hydrogen-bond acceptors (Lipinski definition) is 3. The second-order valence-electron chi connectivity index (χ2n) is 6.65.